The van der Waals surface area contributed by atoms with Crippen LogP contribution >= 0.6 is 0 Å². The van der Waals surface area contributed by atoms with E-state index in [1.54, 1.807) is 12.1 Å². The van der Waals surface area contributed by atoms with Gasteiger partial charge in [0.15, 0.2) is 0 Å². The molecular formula is C16H21NO3. The minimum atomic E-state index is -0.905. The molecule has 0 aliphatic rings. The van der Waals surface area contributed by atoms with Gasteiger partial charge in [0, 0.05) is 17.6 Å². The summed E-state index contributed by atoms with van der Waals surface area (Å²) in [6, 6.07) is 3.45. The molecule has 4 heteroatoms. The number of carbonyl (C=O) groups is 1. The Morgan fingerprint density at radius 2 is 1.95 bits per heavy atom. The van der Waals surface area contributed by atoms with E-state index in [1.807, 2.05) is 13.8 Å². The average Bonchev–Trinajstić information content (AvgIpc) is 2.63. The second-order valence-corrected chi connectivity index (χ2v) is 5.52. The predicted molar refractivity (Wildman–Crippen MR) is 79.5 cm³/mol. The monoisotopic (exact) mass is 275 g/mol. The maximum absolute atomic E-state index is 11.2. The molecule has 1 heterocycles. The molecule has 0 saturated heterocycles. The number of rotatable bonds is 4. The molecular weight excluding hydrogens is 254 g/mol. The van der Waals surface area contributed by atoms with Crippen molar-refractivity contribution in [2.24, 2.45) is 0 Å². The van der Waals surface area contributed by atoms with E-state index in [0.29, 0.717) is 18.0 Å². The van der Waals surface area contributed by atoms with Crippen molar-refractivity contribution in [2.45, 2.75) is 40.2 Å². The number of hydrogen-bond acceptors (Lipinski definition) is 2. The average molecular weight is 275 g/mol. The minimum absolute atomic E-state index is 0.0717. The molecule has 1 aromatic carbocycles. The first kappa shape index (κ1) is 14.6. The molecule has 0 unspecified atom stereocenters. The van der Waals surface area contributed by atoms with Gasteiger partial charge in [-0.05, 0) is 43.0 Å². The summed E-state index contributed by atoms with van der Waals surface area (Å²) < 4.78 is 2.09. The van der Waals surface area contributed by atoms with Crippen LogP contribution in [0.1, 0.15) is 46.9 Å². The van der Waals surface area contributed by atoms with E-state index in [9.17, 15) is 15.0 Å². The highest BCUT2D eigenvalue weighted by Crippen LogP contribution is 2.34. The van der Waals surface area contributed by atoms with Gasteiger partial charge >= 0.3 is 5.97 Å². The molecule has 2 aromatic rings. The number of benzene rings is 1. The molecule has 1 aromatic heterocycles. The van der Waals surface area contributed by atoms with Crippen LogP contribution in [0.5, 0.6) is 0 Å². The summed E-state index contributed by atoms with van der Waals surface area (Å²) >= 11 is 0. The summed E-state index contributed by atoms with van der Waals surface area (Å²) in [6.45, 7) is 8.77. The van der Waals surface area contributed by atoms with Crippen LogP contribution in [-0.4, -0.2) is 27.4 Å². The second kappa shape index (κ2) is 5.29. The Balaban J connectivity index is 2.89. The topological polar surface area (TPSA) is 62.5 Å². The first-order valence-electron chi connectivity index (χ1n) is 6.86. The maximum Gasteiger partial charge on any atom is 0.335 e. The van der Waals surface area contributed by atoms with E-state index in [-0.39, 0.29) is 6.61 Å². The Hall–Kier alpha value is -1.81. The molecule has 2 rings (SSSR count). The van der Waals surface area contributed by atoms with E-state index in [1.165, 1.54) is 5.56 Å². The number of carboxylic acid groups (broad SMARTS) is 1. The highest BCUT2D eigenvalue weighted by atomic mass is 16.4. The lowest BCUT2D eigenvalue weighted by atomic mass is 9.97. The predicted octanol–water partition coefficient (Wildman–Crippen LogP) is 3.07. The summed E-state index contributed by atoms with van der Waals surface area (Å²) in [4.78, 5) is 11.2. The number of fused-ring (bicyclic) bond motifs is 1. The molecule has 0 aliphatic heterocycles. The molecule has 0 amide bonds. The summed E-state index contributed by atoms with van der Waals surface area (Å²) in [6.07, 6.45) is 0. The Morgan fingerprint density at radius 3 is 2.45 bits per heavy atom. The van der Waals surface area contributed by atoms with Crippen LogP contribution in [0.3, 0.4) is 0 Å². The molecule has 0 aliphatic carbocycles. The number of aromatic nitrogens is 1. The number of aliphatic hydroxyl groups excluding tert-OH is 1. The Morgan fingerprint density at radius 1 is 1.30 bits per heavy atom. The third-order valence-electron chi connectivity index (χ3n) is 3.80. The van der Waals surface area contributed by atoms with E-state index >= 15 is 0 Å². The van der Waals surface area contributed by atoms with Gasteiger partial charge in [-0.3, -0.25) is 0 Å². The zero-order chi connectivity index (χ0) is 15.0. The molecule has 4 nitrogen and oxygen atoms in total. The number of nitrogens with zero attached hydrogens (tertiary/aromatic N) is 1. The van der Waals surface area contributed by atoms with Gasteiger partial charge < -0.3 is 14.8 Å². The van der Waals surface area contributed by atoms with Crippen LogP contribution in [0.25, 0.3) is 10.9 Å². The fourth-order valence-corrected chi connectivity index (χ4v) is 3.08. The lowest BCUT2D eigenvalue weighted by Gasteiger charge is -2.09. The van der Waals surface area contributed by atoms with Gasteiger partial charge in [-0.15, -0.1) is 0 Å². The number of carboxylic acids is 1. The fourth-order valence-electron chi connectivity index (χ4n) is 3.08. The molecule has 0 spiro atoms. The van der Waals surface area contributed by atoms with Crippen molar-refractivity contribution in [1.29, 1.82) is 0 Å². The molecule has 20 heavy (non-hydrogen) atoms. The van der Waals surface area contributed by atoms with Gasteiger partial charge in [-0.2, -0.15) is 0 Å². The summed E-state index contributed by atoms with van der Waals surface area (Å²) in [5.74, 6) is -0.599. The van der Waals surface area contributed by atoms with Gasteiger partial charge in [0.1, 0.15) is 0 Å². The lowest BCUT2D eigenvalue weighted by Crippen LogP contribution is -2.05. The number of aryl methyl sites for hydroxylation is 1. The largest absolute Gasteiger partial charge is 0.478 e. The van der Waals surface area contributed by atoms with Crippen LogP contribution in [0.15, 0.2) is 12.1 Å². The van der Waals surface area contributed by atoms with E-state index < -0.39 is 5.97 Å². The molecule has 0 saturated carbocycles. The number of hydrogen-bond donors (Lipinski definition) is 2. The highest BCUT2D eigenvalue weighted by Gasteiger charge is 2.19. The van der Waals surface area contributed by atoms with E-state index in [0.717, 1.165) is 22.2 Å². The highest BCUT2D eigenvalue weighted by molar-refractivity contribution is 5.97. The van der Waals surface area contributed by atoms with E-state index in [4.69, 9.17) is 0 Å². The van der Waals surface area contributed by atoms with Crippen LogP contribution in [0.2, 0.25) is 0 Å². The van der Waals surface area contributed by atoms with Gasteiger partial charge in [0.2, 0.25) is 0 Å². The first-order valence-corrected chi connectivity index (χ1v) is 6.86. The van der Waals surface area contributed by atoms with Crippen molar-refractivity contribution in [3.05, 3.63) is 34.5 Å². The van der Waals surface area contributed by atoms with Crippen LogP contribution < -0.4 is 0 Å². The third kappa shape index (κ3) is 2.20. The smallest absolute Gasteiger partial charge is 0.335 e. The molecule has 0 fully saturated rings. The maximum atomic E-state index is 11.2. The number of aromatic carboxylic acids is 1. The Labute approximate surface area is 118 Å². The van der Waals surface area contributed by atoms with Crippen molar-refractivity contribution in [3.63, 3.8) is 0 Å². The van der Waals surface area contributed by atoms with Crippen molar-refractivity contribution in [1.82, 2.24) is 4.57 Å². The first-order chi connectivity index (χ1) is 9.38. The van der Waals surface area contributed by atoms with Crippen molar-refractivity contribution >= 4 is 16.9 Å². The molecule has 2 N–H and O–H groups in total. The van der Waals surface area contributed by atoms with Gasteiger partial charge in [-0.1, -0.05) is 13.8 Å². The minimum Gasteiger partial charge on any atom is -0.478 e. The summed E-state index contributed by atoms with van der Waals surface area (Å²) in [5, 5.41) is 19.5. The Bertz CT molecular complexity index is 668. The standard InChI is InChI=1S/C16H21NO3/c1-9(2)14-11(4)17(5-6-18)15-10(3)7-12(16(19)20)8-13(14)15/h7-9,18H,5-6H2,1-4H3,(H,19,20). The van der Waals surface area contributed by atoms with Gasteiger partial charge in [0.25, 0.3) is 0 Å². The molecule has 108 valence electrons. The van der Waals surface area contributed by atoms with Crippen molar-refractivity contribution in [2.75, 3.05) is 6.61 Å². The third-order valence-corrected chi connectivity index (χ3v) is 3.80. The zero-order valence-corrected chi connectivity index (χ0v) is 12.4. The summed E-state index contributed by atoms with van der Waals surface area (Å²) in [5.41, 5.74) is 4.56. The molecule has 0 bridgehead atoms. The molecule has 0 atom stereocenters. The summed E-state index contributed by atoms with van der Waals surface area (Å²) in [7, 11) is 0. The van der Waals surface area contributed by atoms with Crippen LogP contribution in [0, 0.1) is 13.8 Å². The quantitative estimate of drug-likeness (QED) is 0.901. The Kier molecular flexibility index (Phi) is 3.86. The SMILES string of the molecule is Cc1cc(C(=O)O)cc2c(C(C)C)c(C)n(CCO)c12. The van der Waals surface area contributed by atoms with Crippen molar-refractivity contribution in [3.8, 4) is 0 Å². The van der Waals surface area contributed by atoms with Gasteiger partial charge in [-0.25, -0.2) is 4.79 Å². The molecule has 0 radical (unpaired) electrons. The number of aliphatic hydroxyl groups is 1. The van der Waals surface area contributed by atoms with Gasteiger partial charge in [0.05, 0.1) is 17.7 Å². The second-order valence-electron chi connectivity index (χ2n) is 5.52. The van der Waals surface area contributed by atoms with E-state index in [2.05, 4.69) is 18.4 Å². The zero-order valence-electron chi connectivity index (χ0n) is 12.4. The van der Waals surface area contributed by atoms with Crippen molar-refractivity contribution < 1.29 is 15.0 Å². The lowest BCUT2D eigenvalue weighted by molar-refractivity contribution is 0.0697. The fraction of sp³-hybridized carbons (Fsp3) is 0.438. The van der Waals surface area contributed by atoms with Crippen LogP contribution in [-0.2, 0) is 6.54 Å². The van der Waals surface area contributed by atoms with Crippen LogP contribution in [0.4, 0.5) is 0 Å². The normalized spacial score (nSPS) is 11.5.